The van der Waals surface area contributed by atoms with Crippen molar-refractivity contribution in [2.24, 2.45) is 5.41 Å². The molecule has 1 aromatic rings. The maximum absolute atomic E-state index is 12.3. The molecule has 21 heavy (non-hydrogen) atoms. The number of benzene rings is 1. The number of fused-ring (bicyclic) bond motifs is 1. The summed E-state index contributed by atoms with van der Waals surface area (Å²) in [5.41, 5.74) is 3.30. The van der Waals surface area contributed by atoms with E-state index < -0.39 is 0 Å². The van der Waals surface area contributed by atoms with E-state index in [1.165, 1.54) is 17.5 Å². The minimum Gasteiger partial charge on any atom is -0.330 e. The summed E-state index contributed by atoms with van der Waals surface area (Å²) in [6, 6.07) is 6.99. The van der Waals surface area contributed by atoms with Crippen LogP contribution in [0.15, 0.2) is 36.5 Å². The van der Waals surface area contributed by atoms with Gasteiger partial charge in [0.05, 0.1) is 6.79 Å². The highest BCUT2D eigenvalue weighted by Gasteiger charge is 2.50. The lowest BCUT2D eigenvalue weighted by molar-refractivity contribution is -0.127. The van der Waals surface area contributed by atoms with Crippen LogP contribution in [-0.2, 0) is 11.2 Å². The van der Waals surface area contributed by atoms with Gasteiger partial charge < -0.3 is 5.32 Å². The van der Waals surface area contributed by atoms with Gasteiger partial charge in [0.15, 0.2) is 0 Å². The van der Waals surface area contributed by atoms with Gasteiger partial charge in [-0.1, -0.05) is 30.8 Å². The molecule has 3 heteroatoms. The molecule has 3 aliphatic rings. The summed E-state index contributed by atoms with van der Waals surface area (Å²) in [5.74, 6) is 0.158. The highest BCUT2D eigenvalue weighted by atomic mass is 16.2. The zero-order valence-electron chi connectivity index (χ0n) is 13.3. The van der Waals surface area contributed by atoms with Gasteiger partial charge in [-0.2, -0.15) is 0 Å². The number of aryl methyl sites for hydroxylation is 1. The van der Waals surface area contributed by atoms with Crippen molar-refractivity contribution in [3.8, 4) is 0 Å². The Morgan fingerprint density at radius 1 is 1.48 bits per heavy atom. The lowest BCUT2D eigenvalue weighted by Gasteiger charge is -2.34. The van der Waals surface area contributed by atoms with Crippen LogP contribution in [-0.4, -0.2) is 23.9 Å². The van der Waals surface area contributed by atoms with E-state index in [2.05, 4.69) is 22.9 Å². The lowest BCUT2D eigenvalue weighted by atomic mass is 9.84. The molecule has 2 fully saturated rings. The van der Waals surface area contributed by atoms with Crippen molar-refractivity contribution in [1.29, 1.82) is 0 Å². The fourth-order valence-electron chi connectivity index (χ4n) is 4.36. The number of nitrogens with one attached hydrogen (secondary N) is 1. The van der Waals surface area contributed by atoms with Crippen LogP contribution >= 0.6 is 0 Å². The molecule has 1 amide bonds. The summed E-state index contributed by atoms with van der Waals surface area (Å²) in [6.45, 7) is 5.72. The standard InChI is InChI=1S/C18H22N2O/c1-13-11-18(17(21)19-13)9-10-20(12-18)16-8-4-6-14-5-2-3-7-15(14)16/h2-3,5,7,16H,1,4,6,8-12H2,(H,19,21)/i3T. The molecule has 1 spiro atoms. The van der Waals surface area contributed by atoms with Crippen LogP contribution in [0, 0.1) is 5.41 Å². The largest absolute Gasteiger partial charge is 0.330 e. The number of likely N-dealkylation sites (tertiary alicyclic amines) is 1. The Morgan fingerprint density at radius 3 is 3.19 bits per heavy atom. The first-order valence-corrected chi connectivity index (χ1v) is 7.90. The van der Waals surface area contributed by atoms with Crippen molar-refractivity contribution in [3.63, 3.8) is 0 Å². The number of allylic oxidation sites excluding steroid dienone is 1. The molecule has 2 heterocycles. The predicted octanol–water partition coefficient (Wildman–Crippen LogP) is 2.79. The predicted molar refractivity (Wildman–Crippen MR) is 82.6 cm³/mol. The van der Waals surface area contributed by atoms with E-state index in [1.54, 1.807) is 0 Å². The topological polar surface area (TPSA) is 32.3 Å². The van der Waals surface area contributed by atoms with Gasteiger partial charge >= 0.3 is 0 Å². The van der Waals surface area contributed by atoms with Crippen LogP contribution in [0.3, 0.4) is 0 Å². The van der Waals surface area contributed by atoms with Gasteiger partial charge in [-0.25, -0.2) is 0 Å². The molecule has 0 aromatic heterocycles. The minimum absolute atomic E-state index is 0.158. The molecule has 110 valence electrons. The van der Waals surface area contributed by atoms with Crippen LogP contribution in [0.25, 0.3) is 0 Å². The first-order valence-electron chi connectivity index (χ1n) is 8.40. The fourth-order valence-corrected chi connectivity index (χ4v) is 4.36. The van der Waals surface area contributed by atoms with Crippen molar-refractivity contribution in [1.82, 2.24) is 10.2 Å². The SMILES string of the molecule is [3H]c1ccc2c(c1)C(N1CCC3(CC(=C)NC3=O)C1)CCC2. The number of nitrogens with zero attached hydrogens (tertiary/aromatic N) is 1. The Labute approximate surface area is 127 Å². The molecule has 4 rings (SSSR count). The van der Waals surface area contributed by atoms with E-state index in [-0.39, 0.29) is 11.3 Å². The Hall–Kier alpha value is -1.61. The maximum atomic E-state index is 12.3. The van der Waals surface area contributed by atoms with Crippen molar-refractivity contribution in [2.75, 3.05) is 13.1 Å². The van der Waals surface area contributed by atoms with Gasteiger partial charge in [-0.15, -0.1) is 0 Å². The number of hydrogen-bond acceptors (Lipinski definition) is 2. The summed E-state index contributed by atoms with van der Waals surface area (Å²) < 4.78 is 7.92. The monoisotopic (exact) mass is 284 g/mol. The third-order valence-corrected chi connectivity index (χ3v) is 5.42. The Balaban J connectivity index is 1.61. The fraction of sp³-hybridized carbons (Fsp3) is 0.500. The Kier molecular flexibility index (Phi) is 2.68. The summed E-state index contributed by atoms with van der Waals surface area (Å²) >= 11 is 0. The molecule has 1 aliphatic carbocycles. The third kappa shape index (κ3) is 2.03. The van der Waals surface area contributed by atoms with E-state index in [0.717, 1.165) is 44.5 Å². The summed E-state index contributed by atoms with van der Waals surface area (Å²) in [7, 11) is 0. The normalized spacial score (nSPS) is 33.1. The summed E-state index contributed by atoms with van der Waals surface area (Å²) in [6.07, 6.45) is 5.14. The minimum atomic E-state index is -0.257. The summed E-state index contributed by atoms with van der Waals surface area (Å²) in [4.78, 5) is 14.8. The lowest BCUT2D eigenvalue weighted by Crippen LogP contribution is -2.36. The van der Waals surface area contributed by atoms with Gasteiger partial charge in [-0.3, -0.25) is 9.69 Å². The zero-order valence-corrected chi connectivity index (χ0v) is 12.3. The zero-order chi connectivity index (χ0) is 15.3. The van der Waals surface area contributed by atoms with Crippen molar-refractivity contribution < 1.29 is 6.17 Å². The highest BCUT2D eigenvalue weighted by molar-refractivity contribution is 5.88. The maximum Gasteiger partial charge on any atom is 0.232 e. The molecule has 0 radical (unpaired) electrons. The van der Waals surface area contributed by atoms with Crippen molar-refractivity contribution >= 4 is 5.91 Å². The third-order valence-electron chi connectivity index (χ3n) is 5.42. The van der Waals surface area contributed by atoms with Crippen LogP contribution < -0.4 is 5.32 Å². The van der Waals surface area contributed by atoms with Crippen molar-refractivity contribution in [2.45, 2.75) is 38.1 Å². The summed E-state index contributed by atoms with van der Waals surface area (Å²) in [5, 5.41) is 2.91. The number of rotatable bonds is 1. The van der Waals surface area contributed by atoms with E-state index in [1.807, 2.05) is 12.1 Å². The molecule has 2 unspecified atom stereocenters. The van der Waals surface area contributed by atoms with E-state index in [9.17, 15) is 4.79 Å². The van der Waals surface area contributed by atoms with Gasteiger partial charge in [0.2, 0.25) is 5.91 Å². The molecule has 2 atom stereocenters. The van der Waals surface area contributed by atoms with Crippen LogP contribution in [0.5, 0.6) is 0 Å². The Morgan fingerprint density at radius 2 is 2.38 bits per heavy atom. The van der Waals surface area contributed by atoms with Gasteiger partial charge in [-0.05, 0) is 43.4 Å². The molecule has 0 bridgehead atoms. The first-order chi connectivity index (χ1) is 10.6. The number of hydrogen-bond donors (Lipinski definition) is 1. The average molecular weight is 284 g/mol. The second kappa shape index (κ2) is 4.70. The van der Waals surface area contributed by atoms with Crippen LogP contribution in [0.2, 0.25) is 0 Å². The molecule has 1 N–H and O–H groups in total. The highest BCUT2D eigenvalue weighted by Crippen LogP contribution is 2.45. The smallest absolute Gasteiger partial charge is 0.232 e. The van der Waals surface area contributed by atoms with E-state index in [0.29, 0.717) is 12.1 Å². The second-order valence-corrected chi connectivity index (χ2v) is 6.77. The second-order valence-electron chi connectivity index (χ2n) is 6.77. The average Bonchev–Trinajstić information content (AvgIpc) is 3.03. The first kappa shape index (κ1) is 12.0. The molecular formula is C18H22N2O. The number of carbonyl (C=O) groups excluding carboxylic acids is 1. The molecule has 1 aromatic carbocycles. The molecule has 2 aliphatic heterocycles. The molecule has 0 saturated carbocycles. The van der Waals surface area contributed by atoms with E-state index >= 15 is 0 Å². The number of amides is 1. The molecular weight excluding hydrogens is 260 g/mol. The Bertz CT molecular complexity index is 656. The quantitative estimate of drug-likeness (QED) is 0.860. The van der Waals surface area contributed by atoms with Gasteiger partial charge in [0.25, 0.3) is 0 Å². The van der Waals surface area contributed by atoms with Crippen LogP contribution in [0.1, 0.15) is 44.2 Å². The van der Waals surface area contributed by atoms with Crippen LogP contribution in [0.4, 0.5) is 0 Å². The van der Waals surface area contributed by atoms with Gasteiger partial charge in [0, 0.05) is 24.7 Å². The molecule has 3 nitrogen and oxygen atoms in total. The van der Waals surface area contributed by atoms with Crippen molar-refractivity contribution in [3.05, 3.63) is 47.6 Å². The van der Waals surface area contributed by atoms with E-state index in [4.69, 9.17) is 1.37 Å². The van der Waals surface area contributed by atoms with Gasteiger partial charge in [0.1, 0.15) is 0 Å². The molecule has 2 saturated heterocycles. The number of carbonyl (C=O) groups is 1.